The molecule has 0 aromatic rings. The highest BCUT2D eigenvalue weighted by molar-refractivity contribution is 5.51. The highest BCUT2D eigenvalue weighted by Crippen LogP contribution is 2.07. The minimum Gasteiger partial charge on any atom is -0.412 e. The molecule has 1 heterocycles. The molecule has 0 aromatic carbocycles. The van der Waals surface area contributed by atoms with E-state index >= 15 is 0 Å². The van der Waals surface area contributed by atoms with E-state index in [1.54, 1.807) is 0 Å². The number of nitrogens with one attached hydrogen (secondary N) is 2. The number of hydrogen-bond acceptors (Lipinski definition) is 3. The molecule has 0 amide bonds. The zero-order valence-electron chi connectivity index (χ0n) is 6.61. The summed E-state index contributed by atoms with van der Waals surface area (Å²) in [7, 11) is 1.92. The number of hydrogen-bond donors (Lipinski definition) is 2. The third-order valence-electron chi connectivity index (χ3n) is 1.81. The molecule has 11 heavy (non-hydrogen) atoms. The van der Waals surface area contributed by atoms with Crippen molar-refractivity contribution in [1.82, 2.24) is 10.6 Å². The van der Waals surface area contributed by atoms with Crippen LogP contribution in [0.3, 0.4) is 0 Å². The predicted molar refractivity (Wildman–Crippen MR) is 42.9 cm³/mol. The van der Waals surface area contributed by atoms with Crippen LogP contribution in [0, 0.1) is 0 Å². The summed E-state index contributed by atoms with van der Waals surface area (Å²) in [4.78, 5) is 10.2. The lowest BCUT2D eigenvalue weighted by Crippen LogP contribution is -2.37. The van der Waals surface area contributed by atoms with E-state index in [0.717, 1.165) is 19.4 Å². The van der Waals surface area contributed by atoms with Crippen LogP contribution in [0.2, 0.25) is 0 Å². The highest BCUT2D eigenvalue weighted by Gasteiger charge is 2.14. The number of rotatable bonds is 1. The monoisotopic (exact) mass is 158 g/mol. The van der Waals surface area contributed by atoms with Crippen LogP contribution in [-0.4, -0.2) is 31.1 Å². The van der Waals surface area contributed by atoms with Gasteiger partial charge in [-0.05, 0) is 13.5 Å². The van der Waals surface area contributed by atoms with Gasteiger partial charge in [0.05, 0.1) is 5.70 Å². The first-order valence-electron chi connectivity index (χ1n) is 3.52. The molecule has 1 atom stereocenters. The molecule has 0 spiro atoms. The molecular weight excluding hydrogens is 144 g/mol. The van der Waals surface area contributed by atoms with Crippen molar-refractivity contribution in [3.8, 4) is 0 Å². The van der Waals surface area contributed by atoms with E-state index in [2.05, 4.69) is 10.6 Å². The van der Waals surface area contributed by atoms with Crippen molar-refractivity contribution in [1.29, 1.82) is 0 Å². The van der Waals surface area contributed by atoms with E-state index in [0.29, 0.717) is 11.7 Å². The van der Waals surface area contributed by atoms with Crippen LogP contribution in [0.5, 0.6) is 0 Å². The molecule has 1 fully saturated rings. The Bertz CT molecular complexity index is 164. The molecule has 4 heteroatoms. The van der Waals surface area contributed by atoms with Gasteiger partial charge in [-0.1, -0.05) is 0 Å². The summed E-state index contributed by atoms with van der Waals surface area (Å²) in [5.41, 5.74) is 0.700. The van der Waals surface area contributed by atoms with Gasteiger partial charge >= 0.3 is 0 Å². The Hall–Kier alpha value is -0.830. The van der Waals surface area contributed by atoms with Gasteiger partial charge in [-0.2, -0.15) is 0 Å². The summed E-state index contributed by atoms with van der Waals surface area (Å²) >= 11 is 0. The van der Waals surface area contributed by atoms with E-state index in [-0.39, 0.29) is 5.48 Å². The van der Waals surface area contributed by atoms with Gasteiger partial charge in [0, 0.05) is 19.0 Å². The van der Waals surface area contributed by atoms with Gasteiger partial charge in [0.2, 0.25) is 0 Å². The number of piperidine rings is 1. The average molecular weight is 158 g/mol. The van der Waals surface area contributed by atoms with E-state index in [1.807, 2.05) is 13.0 Å². The fraction of sp³-hybridized carbons (Fsp3) is 0.714. The van der Waals surface area contributed by atoms with Crippen molar-refractivity contribution in [2.45, 2.75) is 18.9 Å². The van der Waals surface area contributed by atoms with Crippen molar-refractivity contribution in [3.05, 3.63) is 5.70 Å². The summed E-state index contributed by atoms with van der Waals surface area (Å²) < 4.78 is 0. The Morgan fingerprint density at radius 3 is 3.00 bits per heavy atom. The lowest BCUT2D eigenvalue weighted by atomic mass is 10.1. The number of carbonyl (C=O) groups excluding carboxylic acids is 1. The van der Waals surface area contributed by atoms with E-state index in [9.17, 15) is 4.79 Å². The maximum Gasteiger partial charge on any atom is 0.145 e. The maximum absolute atomic E-state index is 10.2. The van der Waals surface area contributed by atoms with E-state index < -0.39 is 0 Å². The van der Waals surface area contributed by atoms with E-state index in [4.69, 9.17) is 0 Å². The van der Waals surface area contributed by atoms with Crippen LogP contribution in [0.1, 0.15) is 12.8 Å². The summed E-state index contributed by atoms with van der Waals surface area (Å²) in [5.74, 6) is 1.88. The first-order chi connectivity index (χ1) is 4.86. The molecule has 64 valence electrons. The van der Waals surface area contributed by atoms with Crippen LogP contribution in [0.25, 0.3) is 0 Å². The molecular formula is C7H14N2O2. The Labute approximate surface area is 66.0 Å². The molecule has 0 aliphatic carbocycles. The Morgan fingerprint density at radius 2 is 2.45 bits per heavy atom. The van der Waals surface area contributed by atoms with Crippen molar-refractivity contribution in [2.75, 3.05) is 13.6 Å². The van der Waals surface area contributed by atoms with Gasteiger partial charge < -0.3 is 16.1 Å². The third-order valence-corrected chi connectivity index (χ3v) is 1.81. The lowest BCUT2D eigenvalue weighted by molar-refractivity contribution is 0.451. The zero-order valence-corrected chi connectivity index (χ0v) is 6.61. The first kappa shape index (κ1) is 10.2. The lowest BCUT2D eigenvalue weighted by Gasteiger charge is -2.22. The molecule has 4 nitrogen and oxygen atoms in total. The van der Waals surface area contributed by atoms with Gasteiger partial charge in [-0.25, -0.2) is 4.79 Å². The molecule has 4 N–H and O–H groups in total. The molecule has 1 rings (SSSR count). The smallest absolute Gasteiger partial charge is 0.145 e. The van der Waals surface area contributed by atoms with Crippen molar-refractivity contribution in [2.24, 2.45) is 0 Å². The molecule has 0 saturated carbocycles. The van der Waals surface area contributed by atoms with Crippen LogP contribution in [0.15, 0.2) is 5.70 Å². The minimum absolute atomic E-state index is 0. The molecule has 1 unspecified atom stereocenters. The van der Waals surface area contributed by atoms with Gasteiger partial charge in [-0.3, -0.25) is 0 Å². The maximum atomic E-state index is 10.2. The zero-order chi connectivity index (χ0) is 7.40. The molecule has 0 bridgehead atoms. The summed E-state index contributed by atoms with van der Waals surface area (Å²) in [6, 6.07) is 0.456. The normalized spacial score (nSPS) is 23.0. The standard InChI is InChI=1S/C7H12N2O.H2O/c1-8-6-2-3-9-7(4-6)5-10;/h6,8-9H,2-4H2,1H3;1H2. The second-order valence-corrected chi connectivity index (χ2v) is 2.49. The van der Waals surface area contributed by atoms with E-state index in [1.165, 1.54) is 0 Å². The second kappa shape index (κ2) is 4.91. The van der Waals surface area contributed by atoms with Crippen LogP contribution < -0.4 is 10.6 Å². The molecule has 1 aliphatic heterocycles. The summed E-state index contributed by atoms with van der Waals surface area (Å²) in [6.45, 7) is 0.885. The third kappa shape index (κ3) is 2.72. The van der Waals surface area contributed by atoms with Gasteiger partial charge in [-0.15, -0.1) is 0 Å². The van der Waals surface area contributed by atoms with Crippen LogP contribution in [0.4, 0.5) is 0 Å². The molecule has 0 aromatic heterocycles. The molecule has 0 radical (unpaired) electrons. The first-order valence-corrected chi connectivity index (χ1v) is 3.52. The highest BCUT2D eigenvalue weighted by atomic mass is 16.1. The Kier molecular flexibility index (Phi) is 4.54. The summed E-state index contributed by atoms with van der Waals surface area (Å²) in [5, 5.41) is 6.11. The van der Waals surface area contributed by atoms with Crippen molar-refractivity contribution >= 4 is 5.94 Å². The second-order valence-electron chi connectivity index (χ2n) is 2.49. The van der Waals surface area contributed by atoms with Crippen molar-refractivity contribution in [3.63, 3.8) is 0 Å². The summed E-state index contributed by atoms with van der Waals surface area (Å²) in [6.07, 6.45) is 1.88. The molecule has 1 aliphatic rings. The van der Waals surface area contributed by atoms with Crippen LogP contribution >= 0.6 is 0 Å². The SMILES string of the molecule is CNC1CCNC(=C=O)C1.O. The van der Waals surface area contributed by atoms with Gasteiger partial charge in [0.1, 0.15) is 5.94 Å². The fourth-order valence-electron chi connectivity index (χ4n) is 1.14. The predicted octanol–water partition coefficient (Wildman–Crippen LogP) is -1.15. The fourth-order valence-corrected chi connectivity index (χ4v) is 1.14. The van der Waals surface area contributed by atoms with Crippen LogP contribution in [-0.2, 0) is 4.79 Å². The minimum atomic E-state index is 0. The topological polar surface area (TPSA) is 72.6 Å². The van der Waals surface area contributed by atoms with Gasteiger partial charge in [0.25, 0.3) is 0 Å². The largest absolute Gasteiger partial charge is 0.412 e. The Morgan fingerprint density at radius 1 is 1.73 bits per heavy atom. The van der Waals surface area contributed by atoms with Gasteiger partial charge in [0.15, 0.2) is 0 Å². The van der Waals surface area contributed by atoms with Crippen molar-refractivity contribution < 1.29 is 10.3 Å². The Balaban J connectivity index is 0.000001000. The average Bonchev–Trinajstić information content (AvgIpc) is 2.05. The quantitative estimate of drug-likeness (QED) is 0.473. The molecule has 1 saturated heterocycles.